The van der Waals surface area contributed by atoms with E-state index in [1.54, 1.807) is 24.5 Å². The third-order valence-electron chi connectivity index (χ3n) is 4.06. The van der Waals surface area contributed by atoms with Crippen LogP contribution in [0.15, 0.2) is 36.7 Å². The molecule has 1 heterocycles. The highest BCUT2D eigenvalue weighted by Crippen LogP contribution is 2.28. The van der Waals surface area contributed by atoms with E-state index < -0.39 is 0 Å². The third kappa shape index (κ3) is 3.44. The molecule has 1 aromatic heterocycles. The van der Waals surface area contributed by atoms with E-state index in [9.17, 15) is 4.39 Å². The van der Waals surface area contributed by atoms with Gasteiger partial charge in [0.05, 0.1) is 0 Å². The number of aryl methyl sites for hydroxylation is 1. The Morgan fingerprint density at radius 2 is 2.10 bits per heavy atom. The smallest absolute Gasteiger partial charge is 0.124 e. The molecular weight excluding hydrogens is 249 g/mol. The van der Waals surface area contributed by atoms with Gasteiger partial charge in [-0.3, -0.25) is 4.98 Å². The third-order valence-corrected chi connectivity index (χ3v) is 4.06. The molecule has 2 rings (SSSR count). The normalized spacial score (nSPS) is 12.4. The zero-order chi connectivity index (χ0) is 14.5. The Kier molecular flexibility index (Phi) is 4.89. The molecule has 0 spiro atoms. The minimum absolute atomic E-state index is 0.159. The Morgan fingerprint density at radius 1 is 1.30 bits per heavy atom. The summed E-state index contributed by atoms with van der Waals surface area (Å²) in [6.07, 6.45) is 6.74. The number of benzene rings is 1. The number of pyridine rings is 1. The SMILES string of the molecule is CC[C@H](C)CCc1cc(F)cc(-c2cccnc2)c1C. The summed E-state index contributed by atoms with van der Waals surface area (Å²) >= 11 is 0. The molecule has 1 atom stereocenters. The second kappa shape index (κ2) is 6.65. The molecule has 0 radical (unpaired) electrons. The number of aromatic nitrogens is 1. The zero-order valence-corrected chi connectivity index (χ0v) is 12.5. The van der Waals surface area contributed by atoms with Crippen molar-refractivity contribution in [3.05, 3.63) is 53.6 Å². The highest BCUT2D eigenvalue weighted by atomic mass is 19.1. The van der Waals surface area contributed by atoms with Crippen LogP contribution >= 0.6 is 0 Å². The Morgan fingerprint density at radius 3 is 2.75 bits per heavy atom. The number of halogens is 1. The standard InChI is InChI=1S/C18H22FN/c1-4-13(2)7-8-15-10-17(19)11-18(14(15)3)16-6-5-9-20-12-16/h5-6,9-13H,4,7-8H2,1-3H3/t13-/m0/s1. The molecule has 2 heteroatoms. The molecule has 0 fully saturated rings. The lowest BCUT2D eigenvalue weighted by molar-refractivity contribution is 0.514. The maximum Gasteiger partial charge on any atom is 0.124 e. The van der Waals surface area contributed by atoms with Crippen molar-refractivity contribution < 1.29 is 4.39 Å². The first kappa shape index (κ1) is 14.7. The Hall–Kier alpha value is -1.70. The van der Waals surface area contributed by atoms with Gasteiger partial charge in [-0.25, -0.2) is 4.39 Å². The quantitative estimate of drug-likeness (QED) is 0.730. The van der Waals surface area contributed by atoms with Crippen molar-refractivity contribution in [3.63, 3.8) is 0 Å². The maximum absolute atomic E-state index is 13.9. The molecule has 0 saturated carbocycles. The van der Waals surface area contributed by atoms with Crippen LogP contribution in [0.4, 0.5) is 4.39 Å². The van der Waals surface area contributed by atoms with Crippen LogP contribution in [-0.2, 0) is 6.42 Å². The lowest BCUT2D eigenvalue weighted by Gasteiger charge is -2.14. The van der Waals surface area contributed by atoms with Crippen molar-refractivity contribution >= 4 is 0 Å². The molecule has 0 bridgehead atoms. The predicted molar refractivity (Wildman–Crippen MR) is 82.1 cm³/mol. The molecule has 0 aliphatic carbocycles. The molecule has 0 aliphatic heterocycles. The van der Waals surface area contributed by atoms with Crippen molar-refractivity contribution in [2.24, 2.45) is 5.92 Å². The highest BCUT2D eigenvalue weighted by Gasteiger charge is 2.10. The summed E-state index contributed by atoms with van der Waals surface area (Å²) in [5.74, 6) is 0.521. The van der Waals surface area contributed by atoms with Gasteiger partial charge in [0, 0.05) is 18.0 Å². The van der Waals surface area contributed by atoms with Crippen LogP contribution in [0.1, 0.15) is 37.8 Å². The van der Waals surface area contributed by atoms with Gasteiger partial charge in [-0.05, 0) is 60.6 Å². The number of rotatable bonds is 5. The Bertz CT molecular complexity index is 563. The van der Waals surface area contributed by atoms with Crippen LogP contribution in [0.25, 0.3) is 11.1 Å². The summed E-state index contributed by atoms with van der Waals surface area (Å²) < 4.78 is 13.9. The van der Waals surface area contributed by atoms with E-state index >= 15 is 0 Å². The van der Waals surface area contributed by atoms with Gasteiger partial charge in [0.25, 0.3) is 0 Å². The fourth-order valence-electron chi connectivity index (χ4n) is 2.42. The Labute approximate surface area is 120 Å². The van der Waals surface area contributed by atoms with E-state index in [1.165, 1.54) is 12.0 Å². The van der Waals surface area contributed by atoms with Crippen LogP contribution < -0.4 is 0 Å². The van der Waals surface area contributed by atoms with Crippen molar-refractivity contribution in [2.75, 3.05) is 0 Å². The molecule has 0 saturated heterocycles. The zero-order valence-electron chi connectivity index (χ0n) is 12.5. The van der Waals surface area contributed by atoms with E-state index in [4.69, 9.17) is 0 Å². The number of hydrogen-bond acceptors (Lipinski definition) is 1. The van der Waals surface area contributed by atoms with E-state index in [0.29, 0.717) is 5.92 Å². The fourth-order valence-corrected chi connectivity index (χ4v) is 2.42. The summed E-state index contributed by atoms with van der Waals surface area (Å²) in [6, 6.07) is 7.16. The van der Waals surface area contributed by atoms with Crippen molar-refractivity contribution in [2.45, 2.75) is 40.0 Å². The molecule has 2 aromatic rings. The first-order chi connectivity index (χ1) is 9.61. The maximum atomic E-state index is 13.9. The van der Waals surface area contributed by atoms with Crippen LogP contribution in [0.2, 0.25) is 0 Å². The minimum atomic E-state index is -0.159. The van der Waals surface area contributed by atoms with Gasteiger partial charge < -0.3 is 0 Å². The van der Waals surface area contributed by atoms with Crippen LogP contribution in [-0.4, -0.2) is 4.98 Å². The molecule has 0 N–H and O–H groups in total. The summed E-state index contributed by atoms with van der Waals surface area (Å²) in [5.41, 5.74) is 4.22. The van der Waals surface area contributed by atoms with Crippen molar-refractivity contribution in [1.29, 1.82) is 0 Å². The highest BCUT2D eigenvalue weighted by molar-refractivity contribution is 5.67. The van der Waals surface area contributed by atoms with Gasteiger partial charge in [0.15, 0.2) is 0 Å². The average Bonchev–Trinajstić information content (AvgIpc) is 2.48. The van der Waals surface area contributed by atoms with Gasteiger partial charge in [0.2, 0.25) is 0 Å². The Balaban J connectivity index is 2.33. The fraction of sp³-hybridized carbons (Fsp3) is 0.389. The predicted octanol–water partition coefficient (Wildman–Crippen LogP) is 5.17. The minimum Gasteiger partial charge on any atom is -0.264 e. The van der Waals surface area contributed by atoms with Gasteiger partial charge in [0.1, 0.15) is 5.82 Å². The molecule has 106 valence electrons. The van der Waals surface area contributed by atoms with Gasteiger partial charge >= 0.3 is 0 Å². The molecule has 1 aromatic carbocycles. The number of hydrogen-bond donors (Lipinski definition) is 0. The van der Waals surface area contributed by atoms with Crippen molar-refractivity contribution in [1.82, 2.24) is 4.98 Å². The summed E-state index contributed by atoms with van der Waals surface area (Å²) in [4.78, 5) is 4.13. The van der Waals surface area contributed by atoms with Crippen LogP contribution in [0.3, 0.4) is 0 Å². The van der Waals surface area contributed by atoms with Gasteiger partial charge in [-0.15, -0.1) is 0 Å². The first-order valence-corrected chi connectivity index (χ1v) is 7.31. The van der Waals surface area contributed by atoms with Crippen LogP contribution in [0.5, 0.6) is 0 Å². The van der Waals surface area contributed by atoms with E-state index in [-0.39, 0.29) is 5.82 Å². The lowest BCUT2D eigenvalue weighted by Crippen LogP contribution is -2.00. The molecule has 0 aliphatic rings. The topological polar surface area (TPSA) is 12.9 Å². The summed E-state index contributed by atoms with van der Waals surface area (Å²) in [7, 11) is 0. The monoisotopic (exact) mass is 271 g/mol. The van der Waals surface area contributed by atoms with Gasteiger partial charge in [-0.2, -0.15) is 0 Å². The largest absolute Gasteiger partial charge is 0.264 e. The molecule has 0 unspecified atom stereocenters. The lowest BCUT2D eigenvalue weighted by atomic mass is 9.92. The second-order valence-electron chi connectivity index (χ2n) is 5.53. The van der Waals surface area contributed by atoms with Crippen molar-refractivity contribution in [3.8, 4) is 11.1 Å². The average molecular weight is 271 g/mol. The molecule has 20 heavy (non-hydrogen) atoms. The van der Waals surface area contributed by atoms with E-state index in [2.05, 4.69) is 25.8 Å². The van der Waals surface area contributed by atoms with Crippen LogP contribution in [0, 0.1) is 18.7 Å². The second-order valence-corrected chi connectivity index (χ2v) is 5.53. The molecule has 1 nitrogen and oxygen atoms in total. The first-order valence-electron chi connectivity index (χ1n) is 7.31. The molecular formula is C18H22FN. The van der Waals surface area contributed by atoms with Gasteiger partial charge in [-0.1, -0.05) is 26.3 Å². The van der Waals surface area contributed by atoms with E-state index in [1.807, 2.05) is 12.1 Å². The number of nitrogens with zero attached hydrogens (tertiary/aromatic N) is 1. The van der Waals surface area contributed by atoms with E-state index in [0.717, 1.165) is 29.5 Å². The molecule has 0 amide bonds. The summed E-state index contributed by atoms with van der Waals surface area (Å²) in [6.45, 7) is 6.52. The summed E-state index contributed by atoms with van der Waals surface area (Å²) in [5, 5.41) is 0.